The normalized spacial score (nSPS) is 15.7. The lowest BCUT2D eigenvalue weighted by Gasteiger charge is -2.18. The molecule has 1 aliphatic rings. The fourth-order valence-corrected chi connectivity index (χ4v) is 5.18. The maximum absolute atomic E-state index is 13.2. The number of carbonyl (C=O) groups is 1. The number of carboxylic acid groups (broad SMARTS) is 1. The van der Waals surface area contributed by atoms with Crippen LogP contribution in [0.5, 0.6) is 5.75 Å². The van der Waals surface area contributed by atoms with Crippen molar-refractivity contribution in [1.29, 1.82) is 0 Å². The second kappa shape index (κ2) is 6.88. The number of benzene rings is 2. The van der Waals surface area contributed by atoms with Crippen LogP contribution >= 0.6 is 0 Å². The molecule has 0 fully saturated rings. The number of hydrogen-bond donors (Lipinski definition) is 2. The Labute approximate surface area is 170 Å². The Bertz CT molecular complexity index is 1160. The second-order valence-corrected chi connectivity index (χ2v) is 9.43. The summed E-state index contributed by atoms with van der Waals surface area (Å²) >= 11 is 0. The Morgan fingerprint density at radius 2 is 1.76 bits per heavy atom. The molecule has 154 valence electrons. The molecular formula is C21H24N2O5S. The molecule has 29 heavy (non-hydrogen) atoms. The summed E-state index contributed by atoms with van der Waals surface area (Å²) in [4.78, 5) is 11.3. The van der Waals surface area contributed by atoms with E-state index in [2.05, 4.69) is 4.40 Å². The third-order valence-electron chi connectivity index (χ3n) is 5.17. The van der Waals surface area contributed by atoms with Gasteiger partial charge in [-0.2, -0.15) is 8.42 Å². The van der Waals surface area contributed by atoms with Crippen LogP contribution in [-0.4, -0.2) is 30.9 Å². The molecule has 0 radical (unpaired) electrons. The molecule has 0 atom stereocenters. The molecule has 0 bridgehead atoms. The zero-order chi connectivity index (χ0) is 21.7. The van der Waals surface area contributed by atoms with E-state index in [4.69, 9.17) is 15.6 Å². The van der Waals surface area contributed by atoms with E-state index in [-0.39, 0.29) is 21.9 Å². The van der Waals surface area contributed by atoms with Gasteiger partial charge in [-0.15, -0.1) is 4.40 Å². The molecule has 0 saturated carbocycles. The van der Waals surface area contributed by atoms with Gasteiger partial charge in [0.25, 0.3) is 10.0 Å². The van der Waals surface area contributed by atoms with Crippen molar-refractivity contribution in [3.8, 4) is 5.75 Å². The van der Waals surface area contributed by atoms with Gasteiger partial charge in [0.05, 0.1) is 10.5 Å². The standard InChI is InChI=1S/C21H24N2O5S/c1-11-12(2)18(13(3)16-10-21(4,5)28-17(11)16)29(26,27)23-19(22)14-7-6-8-15(9-14)20(24)25/h6-9H,10H2,1-5H3,(H2,22,23)(H,24,25). The van der Waals surface area contributed by atoms with E-state index in [9.17, 15) is 13.2 Å². The number of fused-ring (bicyclic) bond motifs is 1. The van der Waals surface area contributed by atoms with Crippen molar-refractivity contribution in [2.75, 3.05) is 0 Å². The fourth-order valence-electron chi connectivity index (χ4n) is 3.67. The predicted octanol–water partition coefficient (Wildman–Crippen LogP) is 3.12. The van der Waals surface area contributed by atoms with Crippen LogP contribution in [0.3, 0.4) is 0 Å². The molecule has 0 unspecified atom stereocenters. The van der Waals surface area contributed by atoms with Crippen LogP contribution in [-0.2, 0) is 16.4 Å². The van der Waals surface area contributed by atoms with Gasteiger partial charge in [0, 0.05) is 17.5 Å². The molecule has 0 spiro atoms. The van der Waals surface area contributed by atoms with E-state index < -0.39 is 21.6 Å². The first kappa shape index (κ1) is 20.9. The summed E-state index contributed by atoms with van der Waals surface area (Å²) in [5.74, 6) is -0.664. The van der Waals surface area contributed by atoms with Gasteiger partial charge in [0.1, 0.15) is 17.2 Å². The van der Waals surface area contributed by atoms with Crippen LogP contribution in [0.2, 0.25) is 0 Å². The summed E-state index contributed by atoms with van der Waals surface area (Å²) in [5, 5.41) is 9.13. The quantitative estimate of drug-likeness (QED) is 0.584. The van der Waals surface area contributed by atoms with E-state index in [1.165, 1.54) is 24.3 Å². The maximum atomic E-state index is 13.2. The third-order valence-corrected chi connectivity index (χ3v) is 6.74. The lowest BCUT2D eigenvalue weighted by Crippen LogP contribution is -2.24. The summed E-state index contributed by atoms with van der Waals surface area (Å²) in [6.45, 7) is 9.22. The van der Waals surface area contributed by atoms with Gasteiger partial charge in [0.2, 0.25) is 0 Å². The minimum atomic E-state index is -4.12. The molecule has 2 aromatic carbocycles. The minimum absolute atomic E-state index is 0.00170. The minimum Gasteiger partial charge on any atom is -0.487 e. The van der Waals surface area contributed by atoms with E-state index in [0.29, 0.717) is 17.5 Å². The molecular weight excluding hydrogens is 392 g/mol. The smallest absolute Gasteiger partial charge is 0.335 e. The average molecular weight is 416 g/mol. The van der Waals surface area contributed by atoms with Crippen molar-refractivity contribution in [3.05, 3.63) is 57.6 Å². The monoisotopic (exact) mass is 416 g/mol. The van der Waals surface area contributed by atoms with Crippen LogP contribution in [0.15, 0.2) is 33.6 Å². The van der Waals surface area contributed by atoms with Gasteiger partial charge < -0.3 is 15.6 Å². The SMILES string of the molecule is Cc1c(C)c(S(=O)(=O)N=C(N)c2cccc(C(=O)O)c2)c(C)c2c1OC(C)(C)C2. The molecule has 8 heteroatoms. The number of amidine groups is 1. The number of carboxylic acids is 1. The van der Waals surface area contributed by atoms with Gasteiger partial charge in [-0.3, -0.25) is 0 Å². The summed E-state index contributed by atoms with van der Waals surface area (Å²) in [5.41, 5.74) is 8.54. The first-order valence-electron chi connectivity index (χ1n) is 9.10. The summed E-state index contributed by atoms with van der Waals surface area (Å²) < 4.78 is 36.2. The Balaban J connectivity index is 2.14. The molecule has 1 aliphatic heterocycles. The highest BCUT2D eigenvalue weighted by atomic mass is 32.2. The third kappa shape index (κ3) is 3.72. The Morgan fingerprint density at radius 1 is 1.14 bits per heavy atom. The molecule has 7 nitrogen and oxygen atoms in total. The van der Waals surface area contributed by atoms with Crippen molar-refractivity contribution in [3.63, 3.8) is 0 Å². The highest BCUT2D eigenvalue weighted by Crippen LogP contribution is 2.44. The molecule has 3 N–H and O–H groups in total. The Kier molecular flexibility index (Phi) is 4.94. The largest absolute Gasteiger partial charge is 0.487 e. The average Bonchev–Trinajstić information content (AvgIpc) is 2.95. The number of hydrogen-bond acceptors (Lipinski definition) is 4. The highest BCUT2D eigenvalue weighted by molar-refractivity contribution is 7.90. The zero-order valence-electron chi connectivity index (χ0n) is 17.0. The van der Waals surface area contributed by atoms with Crippen LogP contribution in [0.1, 0.15) is 52.0 Å². The van der Waals surface area contributed by atoms with E-state index >= 15 is 0 Å². The van der Waals surface area contributed by atoms with Crippen LogP contribution in [0, 0.1) is 20.8 Å². The number of nitrogens with zero attached hydrogens (tertiary/aromatic N) is 1. The van der Waals surface area contributed by atoms with Gasteiger partial charge in [-0.1, -0.05) is 12.1 Å². The van der Waals surface area contributed by atoms with Crippen molar-refractivity contribution >= 4 is 21.8 Å². The van der Waals surface area contributed by atoms with Gasteiger partial charge >= 0.3 is 5.97 Å². The summed E-state index contributed by atoms with van der Waals surface area (Å²) in [6.07, 6.45) is 0.595. The number of aromatic carboxylic acids is 1. The number of rotatable bonds is 4. The van der Waals surface area contributed by atoms with Crippen LogP contribution in [0.4, 0.5) is 0 Å². The van der Waals surface area contributed by atoms with Gasteiger partial charge in [-0.25, -0.2) is 4.79 Å². The summed E-state index contributed by atoms with van der Waals surface area (Å²) in [6, 6.07) is 5.70. The van der Waals surface area contributed by atoms with Crippen molar-refractivity contribution in [2.45, 2.75) is 51.5 Å². The summed E-state index contributed by atoms with van der Waals surface area (Å²) in [7, 11) is -4.12. The second-order valence-electron chi connectivity index (χ2n) is 7.89. The number of nitrogens with two attached hydrogens (primary N) is 1. The molecule has 0 saturated heterocycles. The predicted molar refractivity (Wildman–Crippen MR) is 110 cm³/mol. The lowest BCUT2D eigenvalue weighted by molar-refractivity contribution is 0.0696. The van der Waals surface area contributed by atoms with Crippen molar-refractivity contribution in [2.24, 2.45) is 10.1 Å². The first-order valence-corrected chi connectivity index (χ1v) is 10.5. The van der Waals surface area contributed by atoms with Crippen LogP contribution < -0.4 is 10.5 Å². The molecule has 0 aromatic heterocycles. The number of sulfonamides is 1. The molecule has 2 aromatic rings. The molecule has 0 aliphatic carbocycles. The zero-order valence-corrected chi connectivity index (χ0v) is 17.8. The number of ether oxygens (including phenoxy) is 1. The van der Waals surface area contributed by atoms with Gasteiger partial charge in [0.15, 0.2) is 0 Å². The highest BCUT2D eigenvalue weighted by Gasteiger charge is 2.36. The first-order chi connectivity index (χ1) is 13.3. The maximum Gasteiger partial charge on any atom is 0.335 e. The Morgan fingerprint density at radius 3 is 2.38 bits per heavy atom. The lowest BCUT2D eigenvalue weighted by atomic mass is 9.94. The van der Waals surface area contributed by atoms with E-state index in [1.54, 1.807) is 13.8 Å². The molecule has 3 rings (SSSR count). The molecule has 1 heterocycles. The Hall–Kier alpha value is -2.87. The van der Waals surface area contributed by atoms with Crippen molar-refractivity contribution in [1.82, 2.24) is 0 Å². The molecule has 0 amide bonds. The van der Waals surface area contributed by atoms with Crippen molar-refractivity contribution < 1.29 is 23.1 Å². The van der Waals surface area contributed by atoms with Gasteiger partial charge in [-0.05, 0) is 63.4 Å². The van der Waals surface area contributed by atoms with E-state index in [1.807, 2.05) is 20.8 Å². The topological polar surface area (TPSA) is 119 Å². The van der Waals surface area contributed by atoms with Crippen LogP contribution in [0.25, 0.3) is 0 Å². The van der Waals surface area contributed by atoms with E-state index in [0.717, 1.165) is 16.9 Å². The fraction of sp³-hybridized carbons (Fsp3) is 0.333.